The number of aliphatic hydroxyl groups excluding tert-OH is 5. The molecule has 1 aromatic carbocycles. The van der Waals surface area contributed by atoms with Crippen molar-refractivity contribution in [3.05, 3.63) is 41.7 Å². The van der Waals surface area contributed by atoms with Crippen LogP contribution in [0, 0.1) is 56.1 Å². The van der Waals surface area contributed by atoms with E-state index in [4.69, 9.17) is 4.74 Å². The van der Waals surface area contributed by atoms with E-state index in [1.54, 1.807) is 12.1 Å². The molecule has 5 fully saturated rings. The average molecular weight is 741 g/mol. The predicted molar refractivity (Wildman–Crippen MR) is 201 cm³/mol. The first kappa shape index (κ1) is 39.2. The number of aliphatic hydroxyl groups is 5. The number of allylic oxidation sites excluding steroid dienone is 2. The third-order valence-corrected chi connectivity index (χ3v) is 17.0. The first-order valence-electron chi connectivity index (χ1n) is 20.3. The zero-order chi connectivity index (χ0) is 38.5. The highest BCUT2D eigenvalue weighted by Gasteiger charge is 2.70. The summed E-state index contributed by atoms with van der Waals surface area (Å²) in [4.78, 5) is 13.2. The molecule has 2 amide bonds. The van der Waals surface area contributed by atoms with Gasteiger partial charge in [-0.2, -0.15) is 0 Å². The van der Waals surface area contributed by atoms with Gasteiger partial charge in [0.05, 0.1) is 12.7 Å². The summed E-state index contributed by atoms with van der Waals surface area (Å²) in [5.74, 6) is 0.565. The minimum Gasteiger partial charge on any atom is -0.394 e. The number of amides is 2. The van der Waals surface area contributed by atoms with Crippen molar-refractivity contribution in [3.8, 4) is 0 Å². The highest BCUT2D eigenvalue weighted by molar-refractivity contribution is 5.89. The lowest BCUT2D eigenvalue weighted by molar-refractivity contribution is -0.272. The van der Waals surface area contributed by atoms with Crippen LogP contribution in [0.2, 0.25) is 0 Å². The van der Waals surface area contributed by atoms with Gasteiger partial charge in [0.2, 0.25) is 0 Å². The molecule has 7 N–H and O–H groups in total. The summed E-state index contributed by atoms with van der Waals surface area (Å²) in [7, 11) is 0. The van der Waals surface area contributed by atoms with Gasteiger partial charge < -0.3 is 40.9 Å². The fraction of sp³-hybridized carbons (Fsp3) is 0.791. The number of carbonyl (C=O) groups excluding carboxylic acids is 1. The number of urea groups is 1. The third kappa shape index (κ3) is 5.94. The molecule has 5 aliphatic carbocycles. The van der Waals surface area contributed by atoms with E-state index >= 15 is 0 Å². The minimum atomic E-state index is -1.52. The SMILES string of the molecule is CC1(C)CC[C@]2([C@H](O)[C@H]3OC(CO)[C@@H](O)[C@H](O)C3O)CC[C@]3(C)C(=CCC4[C@@]5(C)CC[C@H](NC(=O)Nc6ccc(F)cc6)C(C)(C)C5CC[C@]43C)C2C1. The molecule has 0 aromatic heterocycles. The largest absolute Gasteiger partial charge is 0.394 e. The normalized spacial score (nSPS) is 46.4. The lowest BCUT2D eigenvalue weighted by atomic mass is 9.33. The van der Waals surface area contributed by atoms with E-state index in [9.17, 15) is 34.7 Å². The van der Waals surface area contributed by atoms with Gasteiger partial charge in [-0.1, -0.05) is 60.1 Å². The number of rotatable bonds is 5. The van der Waals surface area contributed by atoms with Crippen LogP contribution in [-0.4, -0.2) is 80.8 Å². The lowest BCUT2D eigenvalue weighted by Gasteiger charge is -2.72. The zero-order valence-electron chi connectivity index (χ0n) is 32.9. The molecule has 1 aliphatic heterocycles. The average Bonchev–Trinajstić information content (AvgIpc) is 3.09. The molecule has 0 spiro atoms. The number of hydrogen-bond donors (Lipinski definition) is 7. The Bertz CT molecular complexity index is 1580. The molecule has 6 aliphatic rings. The Balaban J connectivity index is 1.17. The Hall–Kier alpha value is -2.08. The van der Waals surface area contributed by atoms with E-state index in [1.807, 2.05) is 0 Å². The molecule has 1 saturated heterocycles. The molecule has 296 valence electrons. The second-order valence-electron chi connectivity index (χ2n) is 20.2. The number of ether oxygens (including phenoxy) is 1. The molecule has 9 nitrogen and oxygen atoms in total. The smallest absolute Gasteiger partial charge is 0.319 e. The van der Waals surface area contributed by atoms with Crippen molar-refractivity contribution in [2.75, 3.05) is 11.9 Å². The van der Waals surface area contributed by atoms with Crippen LogP contribution in [0.4, 0.5) is 14.9 Å². The van der Waals surface area contributed by atoms with Crippen molar-refractivity contribution < 1.29 is 39.5 Å². The molecule has 1 aromatic rings. The summed E-state index contributed by atoms with van der Waals surface area (Å²) in [5, 5.41) is 61.0. The van der Waals surface area contributed by atoms with Gasteiger partial charge in [-0.05, 0) is 133 Å². The summed E-state index contributed by atoms with van der Waals surface area (Å²) in [6, 6.07) is 5.58. The molecule has 14 atom stereocenters. The maximum absolute atomic E-state index is 13.5. The van der Waals surface area contributed by atoms with Gasteiger partial charge in [0.25, 0.3) is 0 Å². The minimum absolute atomic E-state index is 0.000617. The Morgan fingerprint density at radius 2 is 1.57 bits per heavy atom. The van der Waals surface area contributed by atoms with E-state index < -0.39 is 48.6 Å². The van der Waals surface area contributed by atoms with E-state index in [1.165, 1.54) is 17.7 Å². The summed E-state index contributed by atoms with van der Waals surface area (Å²) < 4.78 is 19.5. The topological polar surface area (TPSA) is 152 Å². The van der Waals surface area contributed by atoms with Gasteiger partial charge >= 0.3 is 6.03 Å². The number of carbonyl (C=O) groups is 1. The van der Waals surface area contributed by atoms with E-state index in [0.717, 1.165) is 64.2 Å². The van der Waals surface area contributed by atoms with E-state index in [0.29, 0.717) is 17.5 Å². The van der Waals surface area contributed by atoms with Crippen LogP contribution in [0.25, 0.3) is 0 Å². The van der Waals surface area contributed by atoms with Crippen LogP contribution in [0.15, 0.2) is 35.9 Å². The molecule has 1 heterocycles. The van der Waals surface area contributed by atoms with E-state index in [2.05, 4.69) is 65.2 Å². The first-order valence-corrected chi connectivity index (χ1v) is 20.3. The second kappa shape index (κ2) is 13.3. The summed E-state index contributed by atoms with van der Waals surface area (Å²) in [5.41, 5.74) is 1.31. The van der Waals surface area contributed by atoms with Gasteiger partial charge in [-0.25, -0.2) is 9.18 Å². The molecule has 5 unspecified atom stereocenters. The summed E-state index contributed by atoms with van der Waals surface area (Å²) >= 11 is 0. The molecular weight excluding hydrogens is 675 g/mol. The maximum atomic E-state index is 13.5. The molecule has 0 radical (unpaired) electrons. The number of benzene rings is 1. The lowest BCUT2D eigenvalue weighted by Crippen LogP contribution is -2.68. The monoisotopic (exact) mass is 740 g/mol. The zero-order valence-corrected chi connectivity index (χ0v) is 32.9. The van der Waals surface area contributed by atoms with Crippen LogP contribution in [0.3, 0.4) is 0 Å². The number of hydrogen-bond acceptors (Lipinski definition) is 7. The fourth-order valence-electron chi connectivity index (χ4n) is 13.6. The van der Waals surface area contributed by atoms with Gasteiger partial charge in [-0.15, -0.1) is 0 Å². The van der Waals surface area contributed by atoms with Crippen LogP contribution >= 0.6 is 0 Å². The Labute approximate surface area is 315 Å². The Morgan fingerprint density at radius 1 is 0.887 bits per heavy atom. The summed E-state index contributed by atoms with van der Waals surface area (Å²) in [6.07, 6.45) is 4.06. The first-order chi connectivity index (χ1) is 24.7. The molecule has 4 saturated carbocycles. The van der Waals surface area contributed by atoms with Gasteiger partial charge in [0.15, 0.2) is 0 Å². The van der Waals surface area contributed by atoms with Crippen LogP contribution in [0.5, 0.6) is 0 Å². The van der Waals surface area contributed by atoms with Crippen molar-refractivity contribution >= 4 is 11.7 Å². The molecule has 10 heteroatoms. The van der Waals surface area contributed by atoms with Crippen LogP contribution in [0.1, 0.15) is 113 Å². The highest BCUT2D eigenvalue weighted by Crippen LogP contribution is 2.76. The Kier molecular flexibility index (Phi) is 9.80. The van der Waals surface area contributed by atoms with Crippen molar-refractivity contribution in [3.63, 3.8) is 0 Å². The van der Waals surface area contributed by atoms with Gasteiger partial charge in [-0.3, -0.25) is 0 Å². The second-order valence-corrected chi connectivity index (χ2v) is 20.2. The maximum Gasteiger partial charge on any atom is 0.319 e. The molecule has 53 heavy (non-hydrogen) atoms. The highest BCUT2D eigenvalue weighted by atomic mass is 19.1. The molecular formula is C43H65FN2O7. The molecule has 0 bridgehead atoms. The van der Waals surface area contributed by atoms with Crippen molar-refractivity contribution in [2.45, 2.75) is 155 Å². The number of halogens is 1. The van der Waals surface area contributed by atoms with Crippen LogP contribution < -0.4 is 10.6 Å². The van der Waals surface area contributed by atoms with E-state index in [-0.39, 0.29) is 50.9 Å². The third-order valence-electron chi connectivity index (χ3n) is 17.0. The van der Waals surface area contributed by atoms with Crippen molar-refractivity contribution in [1.82, 2.24) is 5.32 Å². The Morgan fingerprint density at radius 3 is 2.25 bits per heavy atom. The number of fused-ring (bicyclic) bond motifs is 7. The molecule has 7 rings (SSSR count). The van der Waals surface area contributed by atoms with Crippen molar-refractivity contribution in [1.29, 1.82) is 0 Å². The fourth-order valence-corrected chi connectivity index (χ4v) is 13.6. The quantitative estimate of drug-likeness (QED) is 0.175. The predicted octanol–water partition coefficient (Wildman–Crippen LogP) is 6.32. The summed E-state index contributed by atoms with van der Waals surface area (Å²) in [6.45, 7) is 16.3. The van der Waals surface area contributed by atoms with Gasteiger partial charge in [0, 0.05) is 17.1 Å². The number of anilines is 1. The van der Waals surface area contributed by atoms with Crippen molar-refractivity contribution in [2.24, 2.45) is 50.2 Å². The van der Waals surface area contributed by atoms with Crippen LogP contribution in [-0.2, 0) is 4.74 Å². The van der Waals surface area contributed by atoms with Gasteiger partial charge in [0.1, 0.15) is 36.3 Å². The standard InChI is InChI=1S/C43H65FN2O7/c1-38(2)18-20-43(36(51)35-34(50)33(49)32(48)28(23-47)53-35)21-19-41(6)26(27(43)22-38)12-13-30-40(5)16-15-31(39(3,4)29(40)14-17-42(30,41)7)46-37(52)45-25-10-8-24(44)9-11-25/h8-12,27-36,47-51H,13-23H2,1-7H3,(H2,45,46,52)/t27?,28?,29?,30?,31-,32+,33-,34?,35-,36+,40-,41+,42+,43-/m0/s1. The number of nitrogens with one attached hydrogen (secondary N) is 2.